The highest BCUT2D eigenvalue weighted by molar-refractivity contribution is 9.10. The molecule has 1 saturated heterocycles. The maximum Gasteiger partial charge on any atom is 0.335 e. The molecule has 3 aromatic carbocycles. The van der Waals surface area contributed by atoms with Crippen LogP contribution >= 0.6 is 27.5 Å². The van der Waals surface area contributed by atoms with E-state index >= 15 is 0 Å². The molecule has 224 valence electrons. The Kier molecular flexibility index (Phi) is 10.3. The Morgan fingerprint density at radius 1 is 0.977 bits per heavy atom. The molecule has 43 heavy (non-hydrogen) atoms. The van der Waals surface area contributed by atoms with Gasteiger partial charge < -0.3 is 24.3 Å². The molecule has 0 spiro atoms. The number of nitrogens with one attached hydrogen (secondary N) is 2. The molecule has 11 nitrogen and oxygen atoms in total. The van der Waals surface area contributed by atoms with Gasteiger partial charge in [-0.2, -0.15) is 0 Å². The molecule has 1 heterocycles. The lowest BCUT2D eigenvalue weighted by Gasteiger charge is -2.27. The number of urea groups is 1. The molecule has 0 aromatic heterocycles. The zero-order valence-electron chi connectivity index (χ0n) is 23.4. The number of amides is 5. The first-order valence-electron chi connectivity index (χ1n) is 12.9. The first-order valence-corrected chi connectivity index (χ1v) is 14.1. The van der Waals surface area contributed by atoms with Crippen molar-refractivity contribution in [1.82, 2.24) is 5.32 Å². The maximum atomic E-state index is 13.4. The van der Waals surface area contributed by atoms with E-state index in [2.05, 4.69) is 26.6 Å². The van der Waals surface area contributed by atoms with Gasteiger partial charge in [0.2, 0.25) is 0 Å². The number of nitrogens with zero attached hydrogens (tertiary/aromatic N) is 1. The Labute approximate surface area is 260 Å². The molecular formula is C30H27BrClN3O8. The van der Waals surface area contributed by atoms with Crippen LogP contribution < -0.4 is 34.5 Å². The highest BCUT2D eigenvalue weighted by atomic mass is 79.9. The molecule has 0 saturated carbocycles. The van der Waals surface area contributed by atoms with Crippen molar-refractivity contribution in [3.63, 3.8) is 0 Å². The lowest BCUT2D eigenvalue weighted by molar-refractivity contribution is -0.122. The Balaban J connectivity index is 1.56. The van der Waals surface area contributed by atoms with Crippen LogP contribution in [0.3, 0.4) is 0 Å². The molecule has 0 unspecified atom stereocenters. The third-order valence-corrected chi connectivity index (χ3v) is 6.85. The van der Waals surface area contributed by atoms with Gasteiger partial charge in [0.25, 0.3) is 17.7 Å². The fourth-order valence-corrected chi connectivity index (χ4v) is 4.72. The summed E-state index contributed by atoms with van der Waals surface area (Å²) in [6, 6.07) is 13.4. The van der Waals surface area contributed by atoms with E-state index < -0.39 is 23.8 Å². The molecule has 4 rings (SSSR count). The first-order chi connectivity index (χ1) is 20.6. The van der Waals surface area contributed by atoms with Crippen LogP contribution in [0.25, 0.3) is 6.08 Å². The third kappa shape index (κ3) is 7.46. The van der Waals surface area contributed by atoms with E-state index in [1.54, 1.807) is 36.4 Å². The van der Waals surface area contributed by atoms with Crippen molar-refractivity contribution in [2.45, 2.75) is 13.3 Å². The molecule has 5 amide bonds. The van der Waals surface area contributed by atoms with Gasteiger partial charge in [-0.05, 0) is 82.5 Å². The number of halogens is 2. The maximum absolute atomic E-state index is 13.4. The molecule has 0 bridgehead atoms. The van der Waals surface area contributed by atoms with Gasteiger partial charge in [-0.25, -0.2) is 9.69 Å². The van der Waals surface area contributed by atoms with Crippen LogP contribution in [0.4, 0.5) is 16.2 Å². The number of hydrogen-bond donors (Lipinski definition) is 2. The van der Waals surface area contributed by atoms with Crippen molar-refractivity contribution in [2.24, 2.45) is 0 Å². The van der Waals surface area contributed by atoms with Crippen molar-refractivity contribution in [1.29, 1.82) is 0 Å². The zero-order valence-corrected chi connectivity index (χ0v) is 25.7. The number of ether oxygens (including phenoxy) is 4. The second kappa shape index (κ2) is 14.1. The van der Waals surface area contributed by atoms with Crippen molar-refractivity contribution in [2.75, 3.05) is 37.7 Å². The minimum Gasteiger partial charge on any atom is -0.493 e. The molecule has 0 radical (unpaired) electrons. The van der Waals surface area contributed by atoms with Gasteiger partial charge in [-0.3, -0.25) is 19.7 Å². The van der Waals surface area contributed by atoms with Crippen LogP contribution in [0.15, 0.2) is 64.6 Å². The predicted octanol–water partition coefficient (Wildman–Crippen LogP) is 5.59. The molecule has 3 aromatic rings. The zero-order chi connectivity index (χ0) is 31.1. The molecule has 0 aliphatic carbocycles. The lowest BCUT2D eigenvalue weighted by atomic mass is 10.1. The number of carbonyl (C=O) groups excluding carboxylic acids is 4. The topological polar surface area (TPSA) is 132 Å². The number of rotatable bonds is 11. The minimum absolute atomic E-state index is 0.181. The minimum atomic E-state index is -0.907. The lowest BCUT2D eigenvalue weighted by Crippen LogP contribution is -2.54. The standard InChI is InChI=1S/C30H27BrClN3O8/c1-4-11-42-23-10-9-20(15-24(23)40-2)35-29(38)21(28(37)34-30(35)39)12-17-13-22(31)27(25(14-17)41-3)43-16-26(36)33-19-7-5-18(32)6-8-19/h5-10,12-15H,4,11,16H2,1-3H3,(H,33,36)(H,34,37,39)/b21-12+. The number of carbonyl (C=O) groups is 4. The second-order valence-electron chi connectivity index (χ2n) is 9.02. The van der Waals surface area contributed by atoms with Gasteiger partial charge in [0.15, 0.2) is 29.6 Å². The summed E-state index contributed by atoms with van der Waals surface area (Å²) in [4.78, 5) is 52.1. The van der Waals surface area contributed by atoms with Crippen molar-refractivity contribution < 1.29 is 38.1 Å². The van der Waals surface area contributed by atoms with E-state index in [4.69, 9.17) is 30.5 Å². The van der Waals surface area contributed by atoms with E-state index in [0.29, 0.717) is 38.9 Å². The van der Waals surface area contributed by atoms with Gasteiger partial charge >= 0.3 is 6.03 Å². The molecule has 1 aliphatic heterocycles. The van der Waals surface area contributed by atoms with Crippen molar-refractivity contribution >= 4 is 68.7 Å². The number of hydrogen-bond acceptors (Lipinski definition) is 8. The average molecular weight is 673 g/mol. The largest absolute Gasteiger partial charge is 0.493 e. The predicted molar refractivity (Wildman–Crippen MR) is 164 cm³/mol. The molecule has 1 aliphatic rings. The first kappa shape index (κ1) is 31.4. The summed E-state index contributed by atoms with van der Waals surface area (Å²) >= 11 is 9.28. The van der Waals surface area contributed by atoms with Crippen molar-refractivity contribution in [3.05, 3.63) is 75.2 Å². The van der Waals surface area contributed by atoms with Gasteiger partial charge in [-0.15, -0.1) is 0 Å². The van der Waals surface area contributed by atoms with E-state index in [-0.39, 0.29) is 29.4 Å². The number of imide groups is 2. The van der Waals surface area contributed by atoms with E-state index in [1.165, 1.54) is 38.5 Å². The van der Waals surface area contributed by atoms with Gasteiger partial charge in [0.1, 0.15) is 5.57 Å². The monoisotopic (exact) mass is 671 g/mol. The van der Waals surface area contributed by atoms with Crippen LogP contribution in [-0.4, -0.2) is 51.2 Å². The molecular weight excluding hydrogens is 646 g/mol. The highest BCUT2D eigenvalue weighted by Crippen LogP contribution is 2.38. The smallest absolute Gasteiger partial charge is 0.335 e. The Morgan fingerprint density at radius 3 is 2.37 bits per heavy atom. The molecule has 0 atom stereocenters. The SMILES string of the molecule is CCCOc1ccc(N2C(=O)NC(=O)/C(=C\c3cc(Br)c(OCC(=O)Nc4ccc(Cl)cc4)c(OC)c3)C2=O)cc1OC. The van der Waals surface area contributed by atoms with Crippen molar-refractivity contribution in [3.8, 4) is 23.0 Å². The van der Waals surface area contributed by atoms with Crippen LogP contribution in [0.1, 0.15) is 18.9 Å². The summed E-state index contributed by atoms with van der Waals surface area (Å²) in [6.45, 7) is 2.08. The number of methoxy groups -OCH3 is 2. The quantitative estimate of drug-likeness (QED) is 0.199. The number of anilines is 2. The van der Waals surface area contributed by atoms with E-state index in [0.717, 1.165) is 11.3 Å². The number of barbiturate groups is 1. The van der Waals surface area contributed by atoms with Gasteiger partial charge in [-0.1, -0.05) is 18.5 Å². The van der Waals surface area contributed by atoms with Crippen LogP contribution in [-0.2, 0) is 14.4 Å². The molecule has 2 N–H and O–H groups in total. The highest BCUT2D eigenvalue weighted by Gasteiger charge is 2.37. The normalized spacial score (nSPS) is 13.9. The summed E-state index contributed by atoms with van der Waals surface area (Å²) in [5.74, 6) is -0.901. The Morgan fingerprint density at radius 2 is 1.70 bits per heavy atom. The van der Waals surface area contributed by atoms with Crippen LogP contribution in [0.5, 0.6) is 23.0 Å². The van der Waals surface area contributed by atoms with E-state index in [1.807, 2.05) is 6.92 Å². The summed E-state index contributed by atoms with van der Waals surface area (Å²) in [5, 5.41) is 5.43. The Bertz CT molecular complexity index is 1590. The Hall–Kier alpha value is -4.55. The summed E-state index contributed by atoms with van der Waals surface area (Å²) < 4.78 is 22.5. The molecule has 13 heteroatoms. The third-order valence-electron chi connectivity index (χ3n) is 6.01. The summed E-state index contributed by atoms with van der Waals surface area (Å²) in [6.07, 6.45) is 2.10. The van der Waals surface area contributed by atoms with Crippen LogP contribution in [0, 0.1) is 0 Å². The fourth-order valence-electron chi connectivity index (χ4n) is 4.02. The average Bonchev–Trinajstić information content (AvgIpc) is 2.98. The second-order valence-corrected chi connectivity index (χ2v) is 10.3. The summed E-state index contributed by atoms with van der Waals surface area (Å²) in [5.41, 5.74) is 0.819. The number of benzene rings is 3. The summed E-state index contributed by atoms with van der Waals surface area (Å²) in [7, 11) is 2.84. The fraction of sp³-hybridized carbons (Fsp3) is 0.200. The van der Waals surface area contributed by atoms with Crippen LogP contribution in [0.2, 0.25) is 5.02 Å². The molecule has 1 fully saturated rings. The van der Waals surface area contributed by atoms with E-state index in [9.17, 15) is 19.2 Å². The van der Waals surface area contributed by atoms with Gasteiger partial charge in [0, 0.05) is 16.8 Å². The van der Waals surface area contributed by atoms with Gasteiger partial charge in [0.05, 0.1) is 31.0 Å².